The van der Waals surface area contributed by atoms with E-state index in [-0.39, 0.29) is 29.9 Å². The van der Waals surface area contributed by atoms with Gasteiger partial charge in [-0.15, -0.1) is 0 Å². The van der Waals surface area contributed by atoms with Gasteiger partial charge in [-0.2, -0.15) is 0 Å². The molecule has 0 spiro atoms. The molecule has 0 saturated heterocycles. The minimum absolute atomic E-state index is 0.0933. The number of halogens is 1. The summed E-state index contributed by atoms with van der Waals surface area (Å²) in [5.74, 6) is -0.503. The molecule has 5 nitrogen and oxygen atoms in total. The van der Waals surface area contributed by atoms with Crippen molar-refractivity contribution in [2.75, 3.05) is 13.8 Å². The average Bonchev–Trinajstić information content (AvgIpc) is 2.96. The molecule has 2 saturated carbocycles. The zero-order chi connectivity index (χ0) is 22.0. The summed E-state index contributed by atoms with van der Waals surface area (Å²) in [7, 11) is 1.38. The Hall–Kier alpha value is -1.24. The molecule has 0 radical (unpaired) electrons. The predicted octanol–water partition coefficient (Wildman–Crippen LogP) is 3.86. The van der Waals surface area contributed by atoms with Gasteiger partial charge in [0, 0.05) is 18.8 Å². The molecule has 0 aromatic rings. The van der Waals surface area contributed by atoms with Crippen LogP contribution in [-0.2, 0) is 9.53 Å². The summed E-state index contributed by atoms with van der Waals surface area (Å²) < 4.78 is 17.1. The Kier molecular flexibility index (Phi) is 10.5. The molecule has 0 heterocycles. The average molecular weight is 427 g/mol. The first kappa shape index (κ1) is 25.0. The van der Waals surface area contributed by atoms with Gasteiger partial charge >= 0.3 is 5.97 Å². The van der Waals surface area contributed by atoms with E-state index in [1.807, 2.05) is 18.2 Å². The first-order valence-corrected chi connectivity index (χ1v) is 11.4. The molecule has 0 bridgehead atoms. The maximum Gasteiger partial charge on any atom is 0.305 e. The lowest BCUT2D eigenvalue weighted by Gasteiger charge is -2.45. The number of rotatable bonds is 13. The summed E-state index contributed by atoms with van der Waals surface area (Å²) in [5, 5.41) is 31.6. The number of alkyl halides is 1. The topological polar surface area (TPSA) is 87.0 Å². The molecule has 2 rings (SSSR count). The Morgan fingerprint density at radius 1 is 1.20 bits per heavy atom. The number of aliphatic hydroxyl groups excluding tert-OH is 3. The number of hydrogen-bond donors (Lipinski definition) is 3. The van der Waals surface area contributed by atoms with Gasteiger partial charge in [0.25, 0.3) is 0 Å². The first-order valence-electron chi connectivity index (χ1n) is 11.4. The second kappa shape index (κ2) is 12.6. The Balaban J connectivity index is 1.88. The van der Waals surface area contributed by atoms with E-state index in [0.29, 0.717) is 25.7 Å². The van der Waals surface area contributed by atoms with Gasteiger partial charge in [0.1, 0.15) is 0 Å². The third kappa shape index (κ3) is 6.89. The Labute approximate surface area is 180 Å². The monoisotopic (exact) mass is 426 g/mol. The van der Waals surface area contributed by atoms with Crippen molar-refractivity contribution >= 4 is 5.97 Å². The molecule has 30 heavy (non-hydrogen) atoms. The molecule has 6 heteroatoms. The van der Waals surface area contributed by atoms with E-state index in [4.69, 9.17) is 0 Å². The van der Waals surface area contributed by atoms with Gasteiger partial charge in [-0.05, 0) is 56.3 Å². The maximum absolute atomic E-state index is 12.4. The van der Waals surface area contributed by atoms with Crippen LogP contribution in [0.5, 0.6) is 0 Å². The summed E-state index contributed by atoms with van der Waals surface area (Å²) in [6, 6.07) is 0. The fourth-order valence-electron chi connectivity index (χ4n) is 4.88. The highest BCUT2D eigenvalue weighted by Gasteiger charge is 2.43. The van der Waals surface area contributed by atoms with E-state index in [9.17, 15) is 24.5 Å². The quantitative estimate of drug-likeness (QED) is 0.236. The summed E-state index contributed by atoms with van der Waals surface area (Å²) in [5.41, 5.74) is -0.150. The molecule has 172 valence electrons. The second-order valence-corrected chi connectivity index (χ2v) is 8.98. The summed E-state index contributed by atoms with van der Waals surface area (Å²) in [6.45, 7) is -0.313. The molecule has 0 aromatic heterocycles. The molecule has 0 aliphatic heterocycles. The summed E-state index contributed by atoms with van der Waals surface area (Å²) >= 11 is 0. The number of unbranched alkanes of at least 4 members (excludes halogenated alkanes) is 2. The van der Waals surface area contributed by atoms with Gasteiger partial charge in [-0.1, -0.05) is 37.1 Å². The minimum Gasteiger partial charge on any atom is -0.469 e. The lowest BCUT2D eigenvalue weighted by Crippen LogP contribution is -2.40. The van der Waals surface area contributed by atoms with Crippen LogP contribution >= 0.6 is 0 Å². The summed E-state index contributed by atoms with van der Waals surface area (Å²) in [4.78, 5) is 11.1. The number of aliphatic hydroxyl groups is 3. The van der Waals surface area contributed by atoms with E-state index in [2.05, 4.69) is 4.74 Å². The Morgan fingerprint density at radius 2 is 1.97 bits per heavy atom. The van der Waals surface area contributed by atoms with Crippen LogP contribution < -0.4 is 0 Å². The maximum atomic E-state index is 12.4. The fraction of sp³-hybridized carbons (Fsp3) is 0.792. The number of carbonyl (C=O) groups is 1. The number of hydrogen-bond acceptors (Lipinski definition) is 5. The van der Waals surface area contributed by atoms with Crippen LogP contribution in [0.2, 0.25) is 0 Å². The molecule has 0 amide bonds. The molecule has 0 unspecified atom stereocenters. The standard InChI is InChI=1S/C24H39FO5/c1-30-23(29)10-5-3-2-4-9-18-19(21(27)17-20(18)26)11-12-22(28)24(14-8-15-24)13-6-7-16-25/h2,4,11-12,18-22,26-28H,3,5-10,13-17H2,1H3/b4-2-,12-11+/t18-,19-,20+,21-,22-/m1/s1. The highest BCUT2D eigenvalue weighted by atomic mass is 19.1. The van der Waals surface area contributed by atoms with Gasteiger partial charge in [-0.3, -0.25) is 9.18 Å². The van der Waals surface area contributed by atoms with Crippen LogP contribution in [-0.4, -0.2) is 53.4 Å². The van der Waals surface area contributed by atoms with Crippen molar-refractivity contribution in [2.45, 2.75) is 88.9 Å². The lowest BCUT2D eigenvalue weighted by atomic mass is 9.62. The van der Waals surface area contributed by atoms with E-state index < -0.39 is 18.3 Å². The zero-order valence-corrected chi connectivity index (χ0v) is 18.2. The Morgan fingerprint density at radius 3 is 2.60 bits per heavy atom. The second-order valence-electron chi connectivity index (χ2n) is 8.98. The van der Waals surface area contributed by atoms with Crippen LogP contribution in [0.3, 0.4) is 0 Å². The van der Waals surface area contributed by atoms with Gasteiger partial charge in [0.2, 0.25) is 0 Å². The van der Waals surface area contributed by atoms with Crippen molar-refractivity contribution in [2.24, 2.45) is 17.3 Å². The minimum atomic E-state index is -0.620. The van der Waals surface area contributed by atoms with Crippen LogP contribution in [0.4, 0.5) is 4.39 Å². The van der Waals surface area contributed by atoms with E-state index in [1.54, 1.807) is 6.08 Å². The van der Waals surface area contributed by atoms with Crippen molar-refractivity contribution in [3.63, 3.8) is 0 Å². The fourth-order valence-corrected chi connectivity index (χ4v) is 4.88. The smallest absolute Gasteiger partial charge is 0.305 e. The van der Waals surface area contributed by atoms with Crippen molar-refractivity contribution in [3.8, 4) is 0 Å². The third-order valence-electron chi connectivity index (χ3n) is 7.02. The van der Waals surface area contributed by atoms with Crippen LogP contribution in [0, 0.1) is 17.3 Å². The molecule has 2 aliphatic carbocycles. The van der Waals surface area contributed by atoms with Gasteiger partial charge in [-0.25, -0.2) is 0 Å². The van der Waals surface area contributed by atoms with Gasteiger partial charge in [0.15, 0.2) is 0 Å². The molecular weight excluding hydrogens is 387 g/mol. The first-order chi connectivity index (χ1) is 14.4. The lowest BCUT2D eigenvalue weighted by molar-refractivity contribution is -0.140. The molecular formula is C24H39FO5. The molecule has 3 N–H and O–H groups in total. The largest absolute Gasteiger partial charge is 0.469 e. The molecule has 2 aliphatic rings. The van der Waals surface area contributed by atoms with Crippen LogP contribution in [0.15, 0.2) is 24.3 Å². The predicted molar refractivity (Wildman–Crippen MR) is 114 cm³/mol. The number of allylic oxidation sites excluding steroid dienone is 2. The van der Waals surface area contributed by atoms with E-state index in [0.717, 1.165) is 44.9 Å². The number of ether oxygens (including phenoxy) is 1. The SMILES string of the molecule is COC(=O)CCC/C=C\C[C@@H]1[C@@H](/C=C/[C@@H](O)C2(CCCCF)CCC2)[C@H](O)C[C@@H]1O. The van der Waals surface area contributed by atoms with Crippen molar-refractivity contribution < 1.29 is 29.2 Å². The van der Waals surface area contributed by atoms with Crippen molar-refractivity contribution in [1.29, 1.82) is 0 Å². The molecule has 5 atom stereocenters. The summed E-state index contributed by atoms with van der Waals surface area (Å²) in [6.07, 6.45) is 13.9. The van der Waals surface area contributed by atoms with E-state index >= 15 is 0 Å². The van der Waals surface area contributed by atoms with Crippen molar-refractivity contribution in [1.82, 2.24) is 0 Å². The third-order valence-corrected chi connectivity index (χ3v) is 7.02. The molecule has 2 fully saturated rings. The number of methoxy groups -OCH3 is 1. The Bertz CT molecular complexity index is 572. The van der Waals surface area contributed by atoms with Crippen LogP contribution in [0.1, 0.15) is 70.6 Å². The van der Waals surface area contributed by atoms with E-state index in [1.165, 1.54) is 7.11 Å². The van der Waals surface area contributed by atoms with Gasteiger partial charge < -0.3 is 20.1 Å². The highest BCUT2D eigenvalue weighted by molar-refractivity contribution is 5.69. The number of esters is 1. The van der Waals surface area contributed by atoms with Crippen molar-refractivity contribution in [3.05, 3.63) is 24.3 Å². The molecule has 0 aromatic carbocycles. The van der Waals surface area contributed by atoms with Gasteiger partial charge in [0.05, 0.1) is 32.1 Å². The number of carbonyl (C=O) groups excluding carboxylic acids is 1. The highest BCUT2D eigenvalue weighted by Crippen LogP contribution is 2.48. The zero-order valence-electron chi connectivity index (χ0n) is 18.2. The normalized spacial score (nSPS) is 29.4. The van der Waals surface area contributed by atoms with Crippen LogP contribution in [0.25, 0.3) is 0 Å².